The summed E-state index contributed by atoms with van der Waals surface area (Å²) in [6, 6.07) is 0. The molecular formula is C25H44O4. The highest BCUT2D eigenvalue weighted by Gasteiger charge is 2.35. The van der Waals surface area contributed by atoms with Crippen molar-refractivity contribution in [2.24, 2.45) is 0 Å². The first-order chi connectivity index (χ1) is 14.2. The van der Waals surface area contributed by atoms with Crippen molar-refractivity contribution >= 4 is 0 Å². The number of rotatable bonds is 20. The van der Waals surface area contributed by atoms with Gasteiger partial charge in [-0.2, -0.15) is 0 Å². The first-order valence-electron chi connectivity index (χ1n) is 11.4. The van der Waals surface area contributed by atoms with E-state index in [1.807, 2.05) is 0 Å². The molecule has 29 heavy (non-hydrogen) atoms. The summed E-state index contributed by atoms with van der Waals surface area (Å²) in [4.78, 5) is 0. The third-order valence-corrected chi connectivity index (χ3v) is 3.86. The predicted molar refractivity (Wildman–Crippen MR) is 123 cm³/mol. The lowest BCUT2D eigenvalue weighted by molar-refractivity contribution is -0.498. The van der Waals surface area contributed by atoms with Crippen LogP contribution in [-0.4, -0.2) is 32.6 Å². The normalized spacial score (nSPS) is 13.1. The molecule has 0 atom stereocenters. The van der Waals surface area contributed by atoms with Crippen molar-refractivity contribution < 1.29 is 18.9 Å². The Balaban J connectivity index is 4.94. The van der Waals surface area contributed by atoms with Crippen LogP contribution in [0.25, 0.3) is 0 Å². The second-order valence-electron chi connectivity index (χ2n) is 6.57. The zero-order chi connectivity index (χ0) is 21.5. The molecule has 4 heteroatoms. The van der Waals surface area contributed by atoms with Crippen molar-refractivity contribution in [1.29, 1.82) is 0 Å². The van der Waals surface area contributed by atoms with Gasteiger partial charge in [-0.05, 0) is 51.4 Å². The number of allylic oxidation sites excluding steroid dienone is 4. The maximum absolute atomic E-state index is 6.01. The monoisotopic (exact) mass is 408 g/mol. The molecule has 0 unspecified atom stereocenters. The molecule has 0 saturated carbocycles. The standard InChI is InChI=1S/C25H44O4/c1-5-9-13-17-21-26-25(27-22-18-14-10-6-2,28-23-19-15-11-7-3)29-24-20-16-12-8-4/h9-16H,5-8,17-24H2,1-4H3/b13-9-,14-10-,15-11-,16-12-. The Labute approximate surface area is 179 Å². The average molecular weight is 409 g/mol. The van der Waals surface area contributed by atoms with E-state index in [1.165, 1.54) is 0 Å². The summed E-state index contributed by atoms with van der Waals surface area (Å²) in [6.07, 6.45) is 22.8. The van der Waals surface area contributed by atoms with Gasteiger partial charge < -0.3 is 18.9 Å². The van der Waals surface area contributed by atoms with Crippen molar-refractivity contribution in [2.45, 2.75) is 85.2 Å². The Morgan fingerprint density at radius 3 is 0.862 bits per heavy atom. The Bertz CT molecular complexity index is 366. The summed E-state index contributed by atoms with van der Waals surface area (Å²) in [5.74, 6) is 0. The van der Waals surface area contributed by atoms with Crippen LogP contribution in [0.1, 0.15) is 79.1 Å². The largest absolute Gasteiger partial charge is 0.412 e. The molecular weight excluding hydrogens is 364 g/mol. The lowest BCUT2D eigenvalue weighted by Crippen LogP contribution is -2.43. The van der Waals surface area contributed by atoms with Crippen LogP contribution < -0.4 is 0 Å². The molecule has 0 radical (unpaired) electrons. The zero-order valence-corrected chi connectivity index (χ0v) is 19.2. The molecule has 0 aliphatic carbocycles. The first-order valence-corrected chi connectivity index (χ1v) is 11.4. The topological polar surface area (TPSA) is 36.9 Å². The van der Waals surface area contributed by atoms with E-state index in [1.54, 1.807) is 0 Å². The van der Waals surface area contributed by atoms with Crippen LogP contribution in [-0.2, 0) is 18.9 Å². The predicted octanol–water partition coefficient (Wildman–Crippen LogP) is 7.09. The first kappa shape index (κ1) is 27.8. The molecule has 0 amide bonds. The van der Waals surface area contributed by atoms with Crippen molar-refractivity contribution in [3.8, 4) is 0 Å². The minimum atomic E-state index is -1.44. The van der Waals surface area contributed by atoms with Gasteiger partial charge >= 0.3 is 6.16 Å². The molecule has 0 heterocycles. The molecule has 0 aromatic carbocycles. The van der Waals surface area contributed by atoms with Crippen LogP contribution in [0.2, 0.25) is 0 Å². The molecule has 0 aromatic rings. The van der Waals surface area contributed by atoms with Crippen LogP contribution in [0.4, 0.5) is 0 Å². The van der Waals surface area contributed by atoms with Crippen molar-refractivity contribution in [3.05, 3.63) is 48.6 Å². The third kappa shape index (κ3) is 17.4. The fourth-order valence-electron chi connectivity index (χ4n) is 2.40. The van der Waals surface area contributed by atoms with Gasteiger partial charge in [0.15, 0.2) is 0 Å². The number of ether oxygens (including phenoxy) is 4. The van der Waals surface area contributed by atoms with E-state index in [0.29, 0.717) is 26.4 Å². The minimum Gasteiger partial charge on any atom is -0.303 e. The van der Waals surface area contributed by atoms with Gasteiger partial charge in [-0.3, -0.25) is 0 Å². The number of hydrogen-bond acceptors (Lipinski definition) is 4. The molecule has 0 aliphatic rings. The van der Waals surface area contributed by atoms with Crippen LogP contribution in [0.15, 0.2) is 48.6 Å². The average Bonchev–Trinajstić information content (AvgIpc) is 2.73. The molecule has 0 N–H and O–H groups in total. The van der Waals surface area contributed by atoms with Gasteiger partial charge in [-0.25, -0.2) is 0 Å². The van der Waals surface area contributed by atoms with Gasteiger partial charge in [-0.15, -0.1) is 0 Å². The van der Waals surface area contributed by atoms with E-state index >= 15 is 0 Å². The summed E-state index contributed by atoms with van der Waals surface area (Å²) in [5.41, 5.74) is 0. The van der Waals surface area contributed by atoms with Gasteiger partial charge in [0.05, 0.1) is 26.4 Å². The third-order valence-electron chi connectivity index (χ3n) is 3.86. The van der Waals surface area contributed by atoms with Crippen LogP contribution in [0.3, 0.4) is 0 Å². The molecule has 0 rings (SSSR count). The van der Waals surface area contributed by atoms with Gasteiger partial charge in [0.2, 0.25) is 0 Å². The van der Waals surface area contributed by atoms with Gasteiger partial charge in [0, 0.05) is 0 Å². The Kier molecular flexibility index (Phi) is 20.6. The van der Waals surface area contributed by atoms with E-state index in [4.69, 9.17) is 18.9 Å². The van der Waals surface area contributed by atoms with E-state index < -0.39 is 6.16 Å². The second-order valence-corrected chi connectivity index (χ2v) is 6.57. The Hall–Kier alpha value is -1.20. The van der Waals surface area contributed by atoms with Crippen LogP contribution in [0, 0.1) is 0 Å². The summed E-state index contributed by atoms with van der Waals surface area (Å²) in [6.45, 7) is 10.4. The summed E-state index contributed by atoms with van der Waals surface area (Å²) >= 11 is 0. The maximum atomic E-state index is 6.01. The highest BCUT2D eigenvalue weighted by atomic mass is 17.0. The molecule has 0 spiro atoms. The Morgan fingerprint density at radius 1 is 0.414 bits per heavy atom. The maximum Gasteiger partial charge on any atom is 0.412 e. The molecule has 0 aliphatic heterocycles. The van der Waals surface area contributed by atoms with Crippen LogP contribution in [0.5, 0.6) is 0 Å². The van der Waals surface area contributed by atoms with Crippen LogP contribution >= 0.6 is 0 Å². The van der Waals surface area contributed by atoms with Crippen molar-refractivity contribution in [1.82, 2.24) is 0 Å². The molecule has 4 nitrogen and oxygen atoms in total. The zero-order valence-electron chi connectivity index (χ0n) is 19.2. The lowest BCUT2D eigenvalue weighted by atomic mass is 10.3. The fraction of sp³-hybridized carbons (Fsp3) is 0.680. The molecule has 168 valence electrons. The van der Waals surface area contributed by atoms with Crippen molar-refractivity contribution in [3.63, 3.8) is 0 Å². The smallest absolute Gasteiger partial charge is 0.303 e. The summed E-state index contributed by atoms with van der Waals surface area (Å²) < 4.78 is 24.0. The van der Waals surface area contributed by atoms with E-state index in [2.05, 4.69) is 76.3 Å². The van der Waals surface area contributed by atoms with E-state index in [0.717, 1.165) is 51.4 Å². The lowest BCUT2D eigenvalue weighted by Gasteiger charge is -2.32. The second kappa shape index (κ2) is 21.5. The molecule has 0 bridgehead atoms. The number of hydrogen-bond donors (Lipinski definition) is 0. The van der Waals surface area contributed by atoms with Crippen molar-refractivity contribution in [2.75, 3.05) is 26.4 Å². The molecule has 0 saturated heterocycles. The highest BCUT2D eigenvalue weighted by Crippen LogP contribution is 2.20. The van der Waals surface area contributed by atoms with Gasteiger partial charge in [0.25, 0.3) is 0 Å². The highest BCUT2D eigenvalue weighted by molar-refractivity contribution is 4.82. The quantitative estimate of drug-likeness (QED) is 0.122. The summed E-state index contributed by atoms with van der Waals surface area (Å²) in [5, 5.41) is 0. The summed E-state index contributed by atoms with van der Waals surface area (Å²) in [7, 11) is 0. The molecule has 0 fully saturated rings. The van der Waals surface area contributed by atoms with E-state index in [-0.39, 0.29) is 0 Å². The molecule has 0 aromatic heterocycles. The van der Waals surface area contributed by atoms with Gasteiger partial charge in [0.1, 0.15) is 0 Å². The van der Waals surface area contributed by atoms with Gasteiger partial charge in [-0.1, -0.05) is 76.3 Å². The minimum absolute atomic E-state index is 0.483. The van der Waals surface area contributed by atoms with E-state index in [9.17, 15) is 0 Å². The SMILES string of the molecule is CC/C=C\CCOC(OCC/C=C\CC)(OCC/C=C\CC)OCC/C=C\CC. The Morgan fingerprint density at radius 2 is 0.655 bits per heavy atom. The fourth-order valence-corrected chi connectivity index (χ4v) is 2.40.